The molecule has 0 aliphatic carbocycles. The van der Waals surface area contributed by atoms with E-state index in [0.29, 0.717) is 19.3 Å². The second kappa shape index (κ2) is 59.7. The fourth-order valence-corrected chi connectivity index (χ4v) is 11.5. The summed E-state index contributed by atoms with van der Waals surface area (Å²) in [4.78, 5) is 13.2. The molecule has 1 fully saturated rings. The highest BCUT2D eigenvalue weighted by atomic mass is 16.7. The number of nitrogens with one attached hydrogen (secondary N) is 1. The highest BCUT2D eigenvalue weighted by Crippen LogP contribution is 2.24. The van der Waals surface area contributed by atoms with Gasteiger partial charge in [0.25, 0.3) is 0 Å². The van der Waals surface area contributed by atoms with E-state index >= 15 is 0 Å². The average Bonchev–Trinajstić information content (AvgIpc) is 3.53. The number of ether oxygens (including phenoxy) is 2. The zero-order valence-electron chi connectivity index (χ0n) is 53.5. The molecule has 0 bridgehead atoms. The van der Waals surface area contributed by atoms with Crippen molar-refractivity contribution in [3.63, 3.8) is 0 Å². The number of hydrogen-bond donors (Lipinski definition) is 8. The molecule has 11 nitrogen and oxygen atoms in total. The lowest BCUT2D eigenvalue weighted by molar-refractivity contribution is -0.303. The summed E-state index contributed by atoms with van der Waals surface area (Å²) in [6.07, 6.45) is 65.4. The van der Waals surface area contributed by atoms with E-state index in [1.54, 1.807) is 0 Å². The summed E-state index contributed by atoms with van der Waals surface area (Å²) in [5.74, 6) is -0.706. The largest absolute Gasteiger partial charge is 0.394 e. The normalized spacial score (nSPS) is 19.3. The number of rotatable bonds is 62. The SMILES string of the molecule is CCCCCCCCCC/C=C/CC/C=C/CCCC(O)C(O)C(COC1OC(CO)C(O)C(O)C1O)NC(=O)C(O)CCCCCCCCCCCCCCCCCC/C=C\CCCCCCCCCCCCCCCCCCCC. The van der Waals surface area contributed by atoms with Gasteiger partial charge < -0.3 is 50.5 Å². The molecule has 0 aromatic carbocycles. The Kier molecular flexibility index (Phi) is 57.0. The molecule has 0 radical (unpaired) electrons. The number of unbranched alkanes of at least 4 members (excludes halogenated alkanes) is 44. The predicted molar refractivity (Wildman–Crippen MR) is 344 cm³/mol. The van der Waals surface area contributed by atoms with E-state index in [9.17, 15) is 40.5 Å². The van der Waals surface area contributed by atoms with Crippen LogP contribution >= 0.6 is 0 Å². The number of amides is 1. The van der Waals surface area contributed by atoms with Crippen molar-refractivity contribution in [3.05, 3.63) is 36.5 Å². The van der Waals surface area contributed by atoms with Gasteiger partial charge in [0.05, 0.1) is 25.4 Å². The third-order valence-corrected chi connectivity index (χ3v) is 17.1. The number of aliphatic hydroxyl groups excluding tert-OH is 7. The monoisotopic (exact) mass is 1160 g/mol. The minimum absolute atomic E-state index is 0.247. The van der Waals surface area contributed by atoms with Crippen LogP contribution in [0, 0.1) is 0 Å². The number of hydrogen-bond acceptors (Lipinski definition) is 10. The third-order valence-electron chi connectivity index (χ3n) is 17.1. The van der Waals surface area contributed by atoms with Gasteiger partial charge in [-0.3, -0.25) is 4.79 Å². The van der Waals surface area contributed by atoms with Crippen LogP contribution in [0.25, 0.3) is 0 Å². The molecule has 1 saturated heterocycles. The maximum absolute atomic E-state index is 13.2. The Bertz CT molecular complexity index is 1430. The van der Waals surface area contributed by atoms with Crippen LogP contribution in [0.2, 0.25) is 0 Å². The van der Waals surface area contributed by atoms with Crippen LogP contribution < -0.4 is 5.32 Å². The zero-order chi connectivity index (χ0) is 59.6. The van der Waals surface area contributed by atoms with Crippen molar-refractivity contribution < 1.29 is 50.0 Å². The van der Waals surface area contributed by atoms with E-state index in [1.807, 2.05) is 0 Å². The number of carbonyl (C=O) groups is 1. The first kappa shape index (κ1) is 78.3. The van der Waals surface area contributed by atoms with Crippen molar-refractivity contribution in [1.82, 2.24) is 5.32 Å². The van der Waals surface area contributed by atoms with Crippen LogP contribution in [0.4, 0.5) is 0 Å². The lowest BCUT2D eigenvalue weighted by Gasteiger charge is -2.40. The van der Waals surface area contributed by atoms with Gasteiger partial charge in [-0.2, -0.15) is 0 Å². The van der Waals surface area contributed by atoms with Crippen LogP contribution in [0.3, 0.4) is 0 Å². The number of carbonyl (C=O) groups excluding carboxylic acids is 1. The molecule has 1 aliphatic rings. The summed E-state index contributed by atoms with van der Waals surface area (Å²) in [5, 5.41) is 76.3. The summed E-state index contributed by atoms with van der Waals surface area (Å²) >= 11 is 0. The Balaban J connectivity index is 2.13. The summed E-state index contributed by atoms with van der Waals surface area (Å²) in [6.45, 7) is 3.47. The van der Waals surface area contributed by atoms with Crippen LogP contribution in [0.5, 0.6) is 0 Å². The van der Waals surface area contributed by atoms with Gasteiger partial charge in [0, 0.05) is 0 Å². The lowest BCUT2D eigenvalue weighted by atomic mass is 9.98. The average molecular weight is 1160 g/mol. The van der Waals surface area contributed by atoms with Crippen molar-refractivity contribution in [2.75, 3.05) is 13.2 Å². The topological polar surface area (TPSA) is 189 Å². The van der Waals surface area contributed by atoms with Crippen molar-refractivity contribution in [2.45, 2.75) is 396 Å². The van der Waals surface area contributed by atoms with E-state index in [1.165, 1.54) is 257 Å². The van der Waals surface area contributed by atoms with Crippen molar-refractivity contribution >= 4 is 5.91 Å². The standard InChI is InChI=1S/C71H135NO10/c1-3-5-7-9-11-13-15-17-19-21-22-23-24-25-26-27-28-29-30-31-32-33-34-35-36-37-38-39-40-41-43-45-47-49-51-53-55-57-59-64(75)70(80)72-62(61-81-71-69(79)68(78)67(77)65(60-73)82-71)66(76)63(74)58-56-54-52-50-48-46-44-42-20-18-16-14-12-10-8-6-4-2/h31-32,42,44,50,52,62-69,71,73-79H,3-30,33-41,43,45-49,51,53-61H2,1-2H3,(H,72,80)/b32-31-,44-42+,52-50+. The predicted octanol–water partition coefficient (Wildman–Crippen LogP) is 17.0. The minimum atomic E-state index is -1.67. The molecule has 82 heavy (non-hydrogen) atoms. The van der Waals surface area contributed by atoms with Gasteiger partial charge >= 0.3 is 0 Å². The quantitative estimate of drug-likeness (QED) is 0.0215. The molecule has 484 valence electrons. The third kappa shape index (κ3) is 46.5. The molecule has 1 amide bonds. The van der Waals surface area contributed by atoms with Gasteiger partial charge in [-0.25, -0.2) is 0 Å². The molecular weight excluding hydrogens is 1030 g/mol. The van der Waals surface area contributed by atoms with E-state index in [4.69, 9.17) is 9.47 Å². The molecule has 0 aromatic rings. The molecule has 11 heteroatoms. The summed E-state index contributed by atoms with van der Waals surface area (Å²) < 4.78 is 11.2. The molecule has 9 atom stereocenters. The van der Waals surface area contributed by atoms with Gasteiger partial charge in [-0.1, -0.05) is 301 Å². The molecule has 1 aliphatic heterocycles. The summed E-state index contributed by atoms with van der Waals surface area (Å²) in [5.41, 5.74) is 0. The summed E-state index contributed by atoms with van der Waals surface area (Å²) in [7, 11) is 0. The van der Waals surface area contributed by atoms with Crippen LogP contribution in [-0.4, -0.2) is 110 Å². The first-order valence-corrected chi connectivity index (χ1v) is 35.4. The maximum atomic E-state index is 13.2. The molecule has 1 rings (SSSR count). The fraction of sp³-hybridized carbons (Fsp3) is 0.901. The Morgan fingerprint density at radius 1 is 0.415 bits per heavy atom. The Hall–Kier alpha value is -1.67. The van der Waals surface area contributed by atoms with E-state index in [-0.39, 0.29) is 12.8 Å². The van der Waals surface area contributed by atoms with Gasteiger partial charge in [-0.15, -0.1) is 0 Å². The summed E-state index contributed by atoms with van der Waals surface area (Å²) in [6, 6.07) is -1.19. The van der Waals surface area contributed by atoms with Gasteiger partial charge in [0.2, 0.25) is 5.91 Å². The maximum Gasteiger partial charge on any atom is 0.249 e. The number of aliphatic hydroxyl groups is 7. The lowest BCUT2D eigenvalue weighted by Crippen LogP contribution is -2.60. The molecule has 0 spiro atoms. The van der Waals surface area contributed by atoms with Gasteiger partial charge in [0.1, 0.15) is 36.6 Å². The molecule has 1 heterocycles. The Morgan fingerprint density at radius 2 is 0.732 bits per heavy atom. The first-order valence-electron chi connectivity index (χ1n) is 35.4. The van der Waals surface area contributed by atoms with E-state index in [2.05, 4.69) is 55.6 Å². The van der Waals surface area contributed by atoms with Crippen molar-refractivity contribution in [3.8, 4) is 0 Å². The van der Waals surface area contributed by atoms with Crippen LogP contribution in [-0.2, 0) is 14.3 Å². The van der Waals surface area contributed by atoms with Crippen molar-refractivity contribution in [1.29, 1.82) is 0 Å². The first-order chi connectivity index (χ1) is 40.2. The highest BCUT2D eigenvalue weighted by Gasteiger charge is 2.44. The second-order valence-electron chi connectivity index (χ2n) is 24.9. The van der Waals surface area contributed by atoms with Gasteiger partial charge in [0.15, 0.2) is 6.29 Å². The number of allylic oxidation sites excluding steroid dienone is 6. The Morgan fingerprint density at radius 3 is 1.09 bits per heavy atom. The molecule has 8 N–H and O–H groups in total. The van der Waals surface area contributed by atoms with E-state index < -0.39 is 74.2 Å². The minimum Gasteiger partial charge on any atom is -0.394 e. The molecular formula is C71H135NO10. The smallest absolute Gasteiger partial charge is 0.249 e. The fourth-order valence-electron chi connectivity index (χ4n) is 11.5. The molecule has 9 unspecified atom stereocenters. The highest BCUT2D eigenvalue weighted by molar-refractivity contribution is 5.80. The van der Waals surface area contributed by atoms with Crippen LogP contribution in [0.15, 0.2) is 36.5 Å². The van der Waals surface area contributed by atoms with Crippen LogP contribution in [0.1, 0.15) is 341 Å². The molecule has 0 saturated carbocycles. The molecule has 0 aromatic heterocycles. The van der Waals surface area contributed by atoms with Crippen molar-refractivity contribution in [2.24, 2.45) is 0 Å². The van der Waals surface area contributed by atoms with Gasteiger partial charge in [-0.05, 0) is 77.0 Å². The zero-order valence-corrected chi connectivity index (χ0v) is 53.5. The Labute approximate surface area is 505 Å². The van der Waals surface area contributed by atoms with E-state index in [0.717, 1.165) is 38.5 Å². The second-order valence-corrected chi connectivity index (χ2v) is 24.9.